The van der Waals surface area contributed by atoms with E-state index in [9.17, 15) is 14.9 Å². The number of nitrogens with one attached hydrogen (secondary N) is 1. The molecule has 0 aliphatic rings. The topological polar surface area (TPSA) is 85.1 Å². The molecule has 1 heterocycles. The van der Waals surface area contributed by atoms with Gasteiger partial charge in [-0.25, -0.2) is 4.98 Å². The van der Waals surface area contributed by atoms with Gasteiger partial charge in [0.1, 0.15) is 4.60 Å². The number of hydrogen-bond acceptors (Lipinski definition) is 4. The normalized spacial score (nSPS) is 10.1. The summed E-state index contributed by atoms with van der Waals surface area (Å²) in [5, 5.41) is 13.4. The zero-order valence-corrected chi connectivity index (χ0v) is 13.0. The lowest BCUT2D eigenvalue weighted by Gasteiger charge is -2.05. The molecule has 0 radical (unpaired) electrons. The van der Waals surface area contributed by atoms with E-state index in [0.29, 0.717) is 14.8 Å². The Bertz CT molecular complexity index is 674. The number of carbonyl (C=O) groups excluding carboxylic acids is 1. The van der Waals surface area contributed by atoms with E-state index in [1.807, 2.05) is 0 Å². The first-order valence-corrected chi connectivity index (χ1v) is 6.92. The fraction of sp³-hybridized carbons (Fsp3) is 0. The Hall–Kier alpha value is -1.80. The standard InChI is InChI=1S/C12H7Br2N3O3/c13-8-3-7(4-10(5-8)17(19)20)12(18)16-9-1-2-11(14)15-6-9/h1-6H,(H,16,18). The smallest absolute Gasteiger partial charge is 0.271 e. The van der Waals surface area contributed by atoms with Gasteiger partial charge in [0.05, 0.1) is 16.8 Å². The molecule has 1 aromatic heterocycles. The molecule has 0 aliphatic heterocycles. The van der Waals surface area contributed by atoms with Crippen molar-refractivity contribution in [1.29, 1.82) is 0 Å². The summed E-state index contributed by atoms with van der Waals surface area (Å²) in [6, 6.07) is 7.40. The summed E-state index contributed by atoms with van der Waals surface area (Å²) in [5.74, 6) is -0.446. The highest BCUT2D eigenvalue weighted by molar-refractivity contribution is 9.10. The van der Waals surface area contributed by atoms with E-state index in [4.69, 9.17) is 0 Å². The number of non-ortho nitro benzene ring substituents is 1. The van der Waals surface area contributed by atoms with Crippen LogP contribution in [-0.2, 0) is 0 Å². The maximum absolute atomic E-state index is 12.0. The fourth-order valence-corrected chi connectivity index (χ4v) is 2.18. The minimum atomic E-state index is -0.553. The zero-order valence-electron chi connectivity index (χ0n) is 9.84. The summed E-state index contributed by atoms with van der Waals surface area (Å²) >= 11 is 6.33. The Kier molecular flexibility index (Phi) is 4.46. The van der Waals surface area contributed by atoms with E-state index in [1.165, 1.54) is 24.4 Å². The van der Waals surface area contributed by atoms with Crippen LogP contribution in [0.1, 0.15) is 10.4 Å². The van der Waals surface area contributed by atoms with Gasteiger partial charge in [0, 0.05) is 22.2 Å². The highest BCUT2D eigenvalue weighted by Crippen LogP contribution is 2.22. The Morgan fingerprint density at radius 1 is 1.25 bits per heavy atom. The first kappa shape index (κ1) is 14.6. The molecule has 0 bridgehead atoms. The number of hydrogen-bond donors (Lipinski definition) is 1. The molecular formula is C12H7Br2N3O3. The third kappa shape index (κ3) is 3.61. The molecule has 0 saturated heterocycles. The number of nitro groups is 1. The fourth-order valence-electron chi connectivity index (χ4n) is 1.46. The van der Waals surface area contributed by atoms with Gasteiger partial charge in [-0.3, -0.25) is 14.9 Å². The van der Waals surface area contributed by atoms with Crippen molar-refractivity contribution in [1.82, 2.24) is 4.98 Å². The van der Waals surface area contributed by atoms with Crippen molar-refractivity contribution in [2.75, 3.05) is 5.32 Å². The van der Waals surface area contributed by atoms with Gasteiger partial charge < -0.3 is 5.32 Å². The first-order valence-electron chi connectivity index (χ1n) is 5.33. The molecule has 1 N–H and O–H groups in total. The number of amides is 1. The molecule has 102 valence electrons. The number of aromatic nitrogens is 1. The molecule has 0 atom stereocenters. The highest BCUT2D eigenvalue weighted by atomic mass is 79.9. The van der Waals surface area contributed by atoms with Crippen LogP contribution in [0.25, 0.3) is 0 Å². The van der Waals surface area contributed by atoms with E-state index in [1.54, 1.807) is 12.1 Å². The number of halogens is 2. The van der Waals surface area contributed by atoms with Crippen molar-refractivity contribution in [2.45, 2.75) is 0 Å². The van der Waals surface area contributed by atoms with Gasteiger partial charge in [-0.1, -0.05) is 15.9 Å². The predicted molar refractivity (Wildman–Crippen MR) is 80.7 cm³/mol. The van der Waals surface area contributed by atoms with E-state index in [-0.39, 0.29) is 11.3 Å². The molecule has 2 aromatic rings. The van der Waals surface area contributed by atoms with Crippen LogP contribution >= 0.6 is 31.9 Å². The van der Waals surface area contributed by atoms with E-state index in [0.717, 1.165) is 0 Å². The van der Waals surface area contributed by atoms with Crippen molar-refractivity contribution in [3.8, 4) is 0 Å². The predicted octanol–water partition coefficient (Wildman–Crippen LogP) is 3.77. The van der Waals surface area contributed by atoms with E-state index < -0.39 is 10.8 Å². The van der Waals surface area contributed by atoms with Crippen LogP contribution in [0.3, 0.4) is 0 Å². The number of carbonyl (C=O) groups is 1. The van der Waals surface area contributed by atoms with Gasteiger partial charge in [0.2, 0.25) is 0 Å². The third-order valence-electron chi connectivity index (χ3n) is 2.34. The Balaban J connectivity index is 2.25. The second kappa shape index (κ2) is 6.10. The lowest BCUT2D eigenvalue weighted by molar-refractivity contribution is -0.384. The molecule has 6 nitrogen and oxygen atoms in total. The molecule has 0 spiro atoms. The molecule has 0 fully saturated rings. The lowest BCUT2D eigenvalue weighted by atomic mass is 10.2. The number of rotatable bonds is 3. The summed E-state index contributed by atoms with van der Waals surface area (Å²) in [6.45, 7) is 0. The Morgan fingerprint density at radius 3 is 2.60 bits per heavy atom. The van der Waals surface area contributed by atoms with Crippen molar-refractivity contribution in [3.63, 3.8) is 0 Å². The minimum absolute atomic E-state index is 0.154. The van der Waals surface area contributed by atoms with E-state index >= 15 is 0 Å². The average Bonchev–Trinajstić information content (AvgIpc) is 2.40. The van der Waals surface area contributed by atoms with Crippen LogP contribution in [0.15, 0.2) is 45.6 Å². The molecule has 0 saturated carbocycles. The van der Waals surface area contributed by atoms with Gasteiger partial charge in [-0.2, -0.15) is 0 Å². The quantitative estimate of drug-likeness (QED) is 0.482. The molecule has 8 heteroatoms. The zero-order chi connectivity index (χ0) is 14.7. The number of nitrogens with zero attached hydrogens (tertiary/aromatic N) is 2. The third-order valence-corrected chi connectivity index (χ3v) is 3.27. The monoisotopic (exact) mass is 399 g/mol. The van der Waals surface area contributed by atoms with Crippen molar-refractivity contribution in [2.24, 2.45) is 0 Å². The summed E-state index contributed by atoms with van der Waals surface area (Å²) in [5.41, 5.74) is 0.535. The second-order valence-corrected chi connectivity index (χ2v) is 5.51. The second-order valence-electron chi connectivity index (χ2n) is 3.78. The van der Waals surface area contributed by atoms with Crippen LogP contribution in [0.4, 0.5) is 11.4 Å². The van der Waals surface area contributed by atoms with Gasteiger partial charge in [-0.15, -0.1) is 0 Å². The largest absolute Gasteiger partial charge is 0.321 e. The average molecular weight is 401 g/mol. The highest BCUT2D eigenvalue weighted by Gasteiger charge is 2.14. The van der Waals surface area contributed by atoms with Crippen molar-refractivity contribution in [3.05, 3.63) is 61.3 Å². The number of benzene rings is 1. The molecular weight excluding hydrogens is 394 g/mol. The number of pyridine rings is 1. The van der Waals surface area contributed by atoms with E-state index in [2.05, 4.69) is 42.2 Å². The first-order chi connectivity index (χ1) is 9.45. The van der Waals surface area contributed by atoms with Gasteiger partial charge in [0.25, 0.3) is 11.6 Å². The molecule has 0 unspecified atom stereocenters. The maximum atomic E-state index is 12.0. The van der Waals surface area contributed by atoms with Crippen LogP contribution < -0.4 is 5.32 Å². The molecule has 1 amide bonds. The van der Waals surface area contributed by atoms with Crippen LogP contribution in [0, 0.1) is 10.1 Å². The SMILES string of the molecule is O=C(Nc1ccc(Br)nc1)c1cc(Br)cc([N+](=O)[O-])c1. The minimum Gasteiger partial charge on any atom is -0.321 e. The lowest BCUT2D eigenvalue weighted by Crippen LogP contribution is -2.12. The summed E-state index contributed by atoms with van der Waals surface area (Å²) in [7, 11) is 0. The molecule has 20 heavy (non-hydrogen) atoms. The summed E-state index contributed by atoms with van der Waals surface area (Å²) in [6.07, 6.45) is 1.48. The number of anilines is 1. The van der Waals surface area contributed by atoms with Crippen molar-refractivity contribution >= 4 is 49.1 Å². The Morgan fingerprint density at radius 2 is 2.00 bits per heavy atom. The van der Waals surface area contributed by atoms with Gasteiger partial charge in [-0.05, 0) is 34.1 Å². The maximum Gasteiger partial charge on any atom is 0.271 e. The van der Waals surface area contributed by atoms with Gasteiger partial charge >= 0.3 is 0 Å². The molecule has 0 aliphatic carbocycles. The molecule has 2 rings (SSSR count). The van der Waals surface area contributed by atoms with Crippen LogP contribution in [0.2, 0.25) is 0 Å². The summed E-state index contributed by atoms with van der Waals surface area (Å²) in [4.78, 5) is 26.2. The molecule has 1 aromatic carbocycles. The summed E-state index contributed by atoms with van der Waals surface area (Å²) < 4.78 is 1.11. The number of nitro benzene ring substituents is 1. The van der Waals surface area contributed by atoms with Gasteiger partial charge in [0.15, 0.2) is 0 Å². The Labute approximate surface area is 130 Å². The van der Waals surface area contributed by atoms with Crippen molar-refractivity contribution < 1.29 is 9.72 Å². The van der Waals surface area contributed by atoms with Crippen LogP contribution in [0.5, 0.6) is 0 Å². The van der Waals surface area contributed by atoms with Crippen LogP contribution in [-0.4, -0.2) is 15.8 Å².